The van der Waals surface area contributed by atoms with Crippen LogP contribution in [0.1, 0.15) is 24.2 Å². The largest absolute Gasteiger partial charge is 0.497 e. The fourth-order valence-electron chi connectivity index (χ4n) is 2.24. The van der Waals surface area contributed by atoms with Crippen LogP contribution in [0.2, 0.25) is 0 Å². The predicted octanol–water partition coefficient (Wildman–Crippen LogP) is 1.52. The van der Waals surface area contributed by atoms with Crippen LogP contribution in [0, 0.1) is 0 Å². The summed E-state index contributed by atoms with van der Waals surface area (Å²) in [7, 11) is 1.62. The molecular weight excluding hydrogens is 228 g/mol. The summed E-state index contributed by atoms with van der Waals surface area (Å²) in [4.78, 5) is 14.3. The summed E-state index contributed by atoms with van der Waals surface area (Å²) >= 11 is 0. The molecule has 2 unspecified atom stereocenters. The Balaban J connectivity index is 2.14. The summed E-state index contributed by atoms with van der Waals surface area (Å²) in [6.07, 6.45) is 0. The molecule has 1 saturated heterocycles. The Hall–Kier alpha value is -1.55. The van der Waals surface area contributed by atoms with Gasteiger partial charge in [0.15, 0.2) is 0 Å². The third-order valence-corrected chi connectivity index (χ3v) is 3.63. The van der Waals surface area contributed by atoms with Crippen LogP contribution in [0.3, 0.4) is 0 Å². The summed E-state index contributed by atoms with van der Waals surface area (Å²) in [5, 5.41) is 3.37. The highest BCUT2D eigenvalue weighted by Crippen LogP contribution is 2.16. The van der Waals surface area contributed by atoms with Gasteiger partial charge in [-0.3, -0.25) is 4.79 Å². The van der Waals surface area contributed by atoms with Gasteiger partial charge in [-0.05, 0) is 38.1 Å². The number of nitrogens with one attached hydrogen (secondary N) is 1. The fraction of sp³-hybridized carbons (Fsp3) is 0.500. The normalized spacial score (nSPS) is 23.8. The molecule has 4 heteroatoms. The number of amides is 1. The molecule has 1 aliphatic heterocycles. The van der Waals surface area contributed by atoms with Crippen LogP contribution in [0.5, 0.6) is 5.75 Å². The zero-order valence-electron chi connectivity index (χ0n) is 11.1. The minimum absolute atomic E-state index is 0.0958. The van der Waals surface area contributed by atoms with E-state index < -0.39 is 0 Å². The van der Waals surface area contributed by atoms with Crippen molar-refractivity contribution in [2.45, 2.75) is 25.9 Å². The molecule has 1 aromatic rings. The second kappa shape index (κ2) is 5.40. The molecule has 1 N–H and O–H groups in total. The molecule has 1 fully saturated rings. The van der Waals surface area contributed by atoms with Crippen molar-refractivity contribution >= 4 is 5.91 Å². The van der Waals surface area contributed by atoms with Gasteiger partial charge in [0.25, 0.3) is 5.91 Å². The molecule has 0 saturated carbocycles. The zero-order valence-corrected chi connectivity index (χ0v) is 11.1. The molecule has 1 amide bonds. The average Bonchev–Trinajstić information content (AvgIpc) is 2.41. The summed E-state index contributed by atoms with van der Waals surface area (Å²) in [6, 6.07) is 7.84. The molecule has 4 nitrogen and oxygen atoms in total. The molecule has 1 heterocycles. The van der Waals surface area contributed by atoms with Crippen molar-refractivity contribution in [3.05, 3.63) is 29.8 Å². The van der Waals surface area contributed by atoms with Crippen molar-refractivity contribution in [3.63, 3.8) is 0 Å². The highest BCUT2D eigenvalue weighted by Gasteiger charge is 2.28. The van der Waals surface area contributed by atoms with Gasteiger partial charge in [-0.25, -0.2) is 0 Å². The number of methoxy groups -OCH3 is 1. The van der Waals surface area contributed by atoms with E-state index >= 15 is 0 Å². The van der Waals surface area contributed by atoms with Crippen molar-refractivity contribution in [1.82, 2.24) is 10.2 Å². The summed E-state index contributed by atoms with van der Waals surface area (Å²) in [6.45, 7) is 5.81. The molecule has 0 bridgehead atoms. The summed E-state index contributed by atoms with van der Waals surface area (Å²) in [5.74, 6) is 0.867. The van der Waals surface area contributed by atoms with E-state index in [-0.39, 0.29) is 11.9 Å². The molecule has 1 aromatic carbocycles. The Labute approximate surface area is 108 Å². The lowest BCUT2D eigenvalue weighted by atomic mass is 10.1. The van der Waals surface area contributed by atoms with Gasteiger partial charge in [0.2, 0.25) is 0 Å². The van der Waals surface area contributed by atoms with E-state index in [4.69, 9.17) is 4.74 Å². The Kier molecular flexibility index (Phi) is 3.87. The smallest absolute Gasteiger partial charge is 0.254 e. The monoisotopic (exact) mass is 248 g/mol. The first-order chi connectivity index (χ1) is 8.63. The van der Waals surface area contributed by atoms with E-state index in [1.54, 1.807) is 7.11 Å². The van der Waals surface area contributed by atoms with Gasteiger partial charge in [0, 0.05) is 30.7 Å². The van der Waals surface area contributed by atoms with Crippen molar-refractivity contribution in [1.29, 1.82) is 0 Å². The number of hydrogen-bond donors (Lipinski definition) is 1. The number of carbonyl (C=O) groups is 1. The highest BCUT2D eigenvalue weighted by atomic mass is 16.5. The van der Waals surface area contributed by atoms with Gasteiger partial charge in [0.05, 0.1) is 7.11 Å². The second-order valence-corrected chi connectivity index (χ2v) is 4.71. The van der Waals surface area contributed by atoms with Crippen LogP contribution in [0.15, 0.2) is 24.3 Å². The molecule has 2 rings (SSSR count). The van der Waals surface area contributed by atoms with Crippen LogP contribution in [0.25, 0.3) is 0 Å². The Bertz CT molecular complexity index is 416. The standard InChI is InChI=1S/C14H20N2O2/c1-10-11(2)16(9-8-15-10)14(17)12-4-6-13(18-3)7-5-12/h4-7,10-11,15H,8-9H2,1-3H3. The maximum absolute atomic E-state index is 12.4. The molecule has 18 heavy (non-hydrogen) atoms. The third kappa shape index (κ3) is 2.48. The van der Waals surface area contributed by atoms with Gasteiger partial charge < -0.3 is 15.0 Å². The number of rotatable bonds is 2. The SMILES string of the molecule is COc1ccc(C(=O)N2CCNC(C)C2C)cc1. The zero-order chi connectivity index (χ0) is 13.1. The lowest BCUT2D eigenvalue weighted by molar-refractivity contribution is 0.0603. The molecule has 2 atom stereocenters. The average molecular weight is 248 g/mol. The molecular formula is C14H20N2O2. The van der Waals surface area contributed by atoms with Gasteiger partial charge >= 0.3 is 0 Å². The number of benzene rings is 1. The fourth-order valence-corrected chi connectivity index (χ4v) is 2.24. The molecule has 0 aliphatic carbocycles. The summed E-state index contributed by atoms with van der Waals surface area (Å²) in [5.41, 5.74) is 0.719. The lowest BCUT2D eigenvalue weighted by Gasteiger charge is -2.38. The van der Waals surface area contributed by atoms with E-state index in [9.17, 15) is 4.79 Å². The van der Waals surface area contributed by atoms with Gasteiger partial charge in [-0.2, -0.15) is 0 Å². The highest BCUT2D eigenvalue weighted by molar-refractivity contribution is 5.94. The third-order valence-electron chi connectivity index (χ3n) is 3.63. The minimum Gasteiger partial charge on any atom is -0.497 e. The van der Waals surface area contributed by atoms with E-state index in [1.165, 1.54) is 0 Å². The number of carbonyl (C=O) groups excluding carboxylic acids is 1. The van der Waals surface area contributed by atoms with Crippen molar-refractivity contribution < 1.29 is 9.53 Å². The summed E-state index contributed by atoms with van der Waals surface area (Å²) < 4.78 is 5.10. The van der Waals surface area contributed by atoms with E-state index in [1.807, 2.05) is 29.2 Å². The maximum Gasteiger partial charge on any atom is 0.254 e. The second-order valence-electron chi connectivity index (χ2n) is 4.71. The Morgan fingerprint density at radius 1 is 1.33 bits per heavy atom. The number of piperazine rings is 1. The van der Waals surface area contributed by atoms with Crippen molar-refractivity contribution in [2.24, 2.45) is 0 Å². The van der Waals surface area contributed by atoms with Gasteiger partial charge in [0.1, 0.15) is 5.75 Å². The van der Waals surface area contributed by atoms with Crippen LogP contribution >= 0.6 is 0 Å². The first-order valence-electron chi connectivity index (χ1n) is 6.32. The van der Waals surface area contributed by atoms with Crippen LogP contribution in [0.4, 0.5) is 0 Å². The van der Waals surface area contributed by atoms with E-state index in [0.717, 1.165) is 24.4 Å². The van der Waals surface area contributed by atoms with E-state index in [0.29, 0.717) is 6.04 Å². The number of ether oxygens (including phenoxy) is 1. The van der Waals surface area contributed by atoms with Crippen LogP contribution in [-0.2, 0) is 0 Å². The lowest BCUT2D eigenvalue weighted by Crippen LogP contribution is -2.57. The molecule has 0 radical (unpaired) electrons. The Morgan fingerprint density at radius 2 is 2.00 bits per heavy atom. The van der Waals surface area contributed by atoms with Crippen molar-refractivity contribution in [2.75, 3.05) is 20.2 Å². The van der Waals surface area contributed by atoms with Crippen molar-refractivity contribution in [3.8, 4) is 5.75 Å². The molecule has 0 aromatic heterocycles. The van der Waals surface area contributed by atoms with E-state index in [2.05, 4.69) is 19.2 Å². The predicted molar refractivity (Wildman–Crippen MR) is 71.0 cm³/mol. The first-order valence-corrected chi connectivity index (χ1v) is 6.32. The van der Waals surface area contributed by atoms with Gasteiger partial charge in [-0.1, -0.05) is 0 Å². The first kappa shape index (κ1) is 12.9. The molecule has 98 valence electrons. The quantitative estimate of drug-likeness (QED) is 0.862. The minimum atomic E-state index is 0.0958. The van der Waals surface area contributed by atoms with Crippen LogP contribution < -0.4 is 10.1 Å². The topological polar surface area (TPSA) is 41.6 Å². The molecule has 0 spiro atoms. The Morgan fingerprint density at radius 3 is 2.61 bits per heavy atom. The maximum atomic E-state index is 12.4. The number of nitrogens with zero attached hydrogens (tertiary/aromatic N) is 1. The van der Waals surface area contributed by atoms with Gasteiger partial charge in [-0.15, -0.1) is 0 Å². The van der Waals surface area contributed by atoms with Crippen LogP contribution in [-0.4, -0.2) is 43.1 Å². The number of hydrogen-bond acceptors (Lipinski definition) is 3. The molecule has 1 aliphatic rings.